The van der Waals surface area contributed by atoms with E-state index in [0.29, 0.717) is 6.07 Å². The molecule has 0 radical (unpaired) electrons. The number of anilines is 1. The molecule has 10 heteroatoms. The number of hydrogen-bond donors (Lipinski definition) is 1. The van der Waals surface area contributed by atoms with Crippen LogP contribution >= 0.6 is 11.6 Å². The standard InChI is InChI=1S/C14H10ClF4NO3S/c1-23-13-7-9(3-5-11(13)16)24(21,22)20-12-6-8(14(17,18)19)2-4-10(12)15/h2-7,20H,1H3. The molecule has 0 aromatic heterocycles. The molecule has 130 valence electrons. The Morgan fingerprint density at radius 2 is 1.79 bits per heavy atom. The molecular formula is C14H10ClF4NO3S. The summed E-state index contributed by atoms with van der Waals surface area (Å²) in [6, 6.07) is 4.93. The van der Waals surface area contributed by atoms with Crippen LogP contribution in [0.5, 0.6) is 5.75 Å². The highest BCUT2D eigenvalue weighted by Crippen LogP contribution is 2.34. The van der Waals surface area contributed by atoms with Gasteiger partial charge in [0.2, 0.25) is 0 Å². The summed E-state index contributed by atoms with van der Waals surface area (Å²) in [6.45, 7) is 0. The summed E-state index contributed by atoms with van der Waals surface area (Å²) in [5.41, 5.74) is -1.52. The third-order valence-corrected chi connectivity index (χ3v) is 4.66. The minimum absolute atomic E-state index is 0.222. The Kier molecular flexibility index (Phi) is 4.95. The number of alkyl halides is 3. The van der Waals surface area contributed by atoms with Crippen molar-refractivity contribution in [3.8, 4) is 5.75 Å². The maximum absolute atomic E-state index is 13.3. The van der Waals surface area contributed by atoms with Gasteiger partial charge in [-0.25, -0.2) is 12.8 Å². The summed E-state index contributed by atoms with van der Waals surface area (Å²) in [6.07, 6.45) is -4.66. The lowest BCUT2D eigenvalue weighted by Crippen LogP contribution is -2.14. The van der Waals surface area contributed by atoms with Gasteiger partial charge in [0.1, 0.15) is 0 Å². The van der Waals surface area contributed by atoms with Gasteiger partial charge in [-0.15, -0.1) is 0 Å². The van der Waals surface area contributed by atoms with Crippen molar-refractivity contribution in [3.05, 3.63) is 52.8 Å². The quantitative estimate of drug-likeness (QED) is 0.800. The molecule has 1 N–H and O–H groups in total. The number of sulfonamides is 1. The molecular weight excluding hydrogens is 374 g/mol. The molecule has 2 rings (SSSR count). The topological polar surface area (TPSA) is 55.4 Å². The lowest BCUT2D eigenvalue weighted by Gasteiger charge is -2.13. The summed E-state index contributed by atoms with van der Waals surface area (Å²) in [5.74, 6) is -1.11. The smallest absolute Gasteiger partial charge is 0.416 e. The average Bonchev–Trinajstić information content (AvgIpc) is 2.48. The van der Waals surface area contributed by atoms with Crippen LogP contribution in [0, 0.1) is 5.82 Å². The van der Waals surface area contributed by atoms with Crippen LogP contribution < -0.4 is 9.46 Å². The first-order valence-electron chi connectivity index (χ1n) is 6.27. The van der Waals surface area contributed by atoms with Crippen LogP contribution in [0.15, 0.2) is 41.3 Å². The van der Waals surface area contributed by atoms with Gasteiger partial charge in [0.05, 0.1) is 28.3 Å². The van der Waals surface area contributed by atoms with Crippen molar-refractivity contribution in [1.29, 1.82) is 0 Å². The van der Waals surface area contributed by atoms with Crippen molar-refractivity contribution < 1.29 is 30.7 Å². The Bertz CT molecular complexity index is 869. The van der Waals surface area contributed by atoms with E-state index in [0.717, 1.165) is 37.4 Å². The number of halogens is 5. The van der Waals surface area contributed by atoms with E-state index in [2.05, 4.69) is 4.74 Å². The van der Waals surface area contributed by atoms with E-state index in [1.165, 1.54) is 0 Å². The SMILES string of the molecule is COc1cc(S(=O)(=O)Nc2cc(C(F)(F)F)ccc2Cl)ccc1F. The van der Waals surface area contributed by atoms with Crippen molar-refractivity contribution in [2.75, 3.05) is 11.8 Å². The van der Waals surface area contributed by atoms with Crippen LogP contribution in [0.1, 0.15) is 5.56 Å². The van der Waals surface area contributed by atoms with E-state index in [-0.39, 0.29) is 10.8 Å². The van der Waals surface area contributed by atoms with E-state index in [4.69, 9.17) is 11.6 Å². The molecule has 2 aromatic carbocycles. The van der Waals surface area contributed by atoms with Crippen LogP contribution in [0.3, 0.4) is 0 Å². The number of nitrogens with one attached hydrogen (secondary N) is 1. The average molecular weight is 384 g/mol. The second-order valence-electron chi connectivity index (χ2n) is 4.59. The van der Waals surface area contributed by atoms with E-state index in [9.17, 15) is 26.0 Å². The van der Waals surface area contributed by atoms with Gasteiger partial charge in [0.25, 0.3) is 10.0 Å². The first-order valence-corrected chi connectivity index (χ1v) is 8.14. The molecule has 2 aromatic rings. The highest BCUT2D eigenvalue weighted by molar-refractivity contribution is 7.92. The minimum atomic E-state index is -4.66. The molecule has 0 spiro atoms. The third-order valence-electron chi connectivity index (χ3n) is 2.97. The fourth-order valence-corrected chi connectivity index (χ4v) is 3.10. The first kappa shape index (κ1) is 18.3. The summed E-state index contributed by atoms with van der Waals surface area (Å²) in [4.78, 5) is -0.394. The minimum Gasteiger partial charge on any atom is -0.494 e. The Hall–Kier alpha value is -2.00. The van der Waals surface area contributed by atoms with E-state index in [1.807, 2.05) is 4.72 Å². The lowest BCUT2D eigenvalue weighted by atomic mass is 10.2. The van der Waals surface area contributed by atoms with Crippen molar-refractivity contribution in [1.82, 2.24) is 0 Å². The first-order chi connectivity index (χ1) is 11.0. The Labute approximate surface area is 140 Å². The van der Waals surface area contributed by atoms with Crippen LogP contribution in [-0.2, 0) is 16.2 Å². The van der Waals surface area contributed by atoms with Crippen LogP contribution in [0.2, 0.25) is 5.02 Å². The number of hydrogen-bond acceptors (Lipinski definition) is 3. The van der Waals surface area contributed by atoms with Gasteiger partial charge in [-0.2, -0.15) is 13.2 Å². The van der Waals surface area contributed by atoms with Gasteiger partial charge in [0, 0.05) is 6.07 Å². The van der Waals surface area contributed by atoms with E-state index >= 15 is 0 Å². The molecule has 0 saturated heterocycles. The molecule has 0 atom stereocenters. The fourth-order valence-electron chi connectivity index (χ4n) is 1.79. The molecule has 0 saturated carbocycles. The molecule has 24 heavy (non-hydrogen) atoms. The summed E-state index contributed by atoms with van der Waals surface area (Å²) in [7, 11) is -3.15. The van der Waals surface area contributed by atoms with Crippen molar-refractivity contribution in [2.45, 2.75) is 11.1 Å². The Morgan fingerprint density at radius 3 is 2.38 bits per heavy atom. The lowest BCUT2D eigenvalue weighted by molar-refractivity contribution is -0.137. The maximum atomic E-state index is 13.3. The molecule has 0 unspecified atom stereocenters. The van der Waals surface area contributed by atoms with Crippen molar-refractivity contribution >= 4 is 27.3 Å². The van der Waals surface area contributed by atoms with Gasteiger partial charge in [-0.05, 0) is 30.3 Å². The van der Waals surface area contributed by atoms with E-state index < -0.39 is 38.2 Å². The number of methoxy groups -OCH3 is 1. The molecule has 0 heterocycles. The molecule has 4 nitrogen and oxygen atoms in total. The molecule has 0 amide bonds. The monoisotopic (exact) mass is 383 g/mol. The van der Waals surface area contributed by atoms with Gasteiger partial charge >= 0.3 is 6.18 Å². The van der Waals surface area contributed by atoms with Gasteiger partial charge < -0.3 is 4.74 Å². The molecule has 0 fully saturated rings. The third kappa shape index (κ3) is 3.90. The van der Waals surface area contributed by atoms with Gasteiger partial charge in [0.15, 0.2) is 11.6 Å². The Morgan fingerprint density at radius 1 is 1.12 bits per heavy atom. The van der Waals surface area contributed by atoms with Crippen molar-refractivity contribution in [3.63, 3.8) is 0 Å². The zero-order valence-electron chi connectivity index (χ0n) is 12.0. The summed E-state index contributed by atoms with van der Waals surface area (Å²) < 4.78 is 82.7. The van der Waals surface area contributed by atoms with Crippen LogP contribution in [-0.4, -0.2) is 15.5 Å². The highest BCUT2D eigenvalue weighted by atomic mass is 35.5. The van der Waals surface area contributed by atoms with Gasteiger partial charge in [-0.3, -0.25) is 4.72 Å². The van der Waals surface area contributed by atoms with Crippen LogP contribution in [0.25, 0.3) is 0 Å². The molecule has 0 bridgehead atoms. The number of ether oxygens (including phenoxy) is 1. The Balaban J connectivity index is 2.43. The second-order valence-corrected chi connectivity index (χ2v) is 6.68. The predicted octanol–water partition coefficient (Wildman–Crippen LogP) is 4.31. The predicted molar refractivity (Wildman–Crippen MR) is 80.2 cm³/mol. The number of benzene rings is 2. The zero-order valence-corrected chi connectivity index (χ0v) is 13.6. The molecule has 0 aliphatic carbocycles. The van der Waals surface area contributed by atoms with E-state index in [1.54, 1.807) is 0 Å². The fraction of sp³-hybridized carbons (Fsp3) is 0.143. The number of rotatable bonds is 4. The highest BCUT2D eigenvalue weighted by Gasteiger charge is 2.31. The maximum Gasteiger partial charge on any atom is 0.416 e. The molecule has 0 aliphatic heterocycles. The summed E-state index contributed by atoms with van der Waals surface area (Å²) >= 11 is 5.74. The summed E-state index contributed by atoms with van der Waals surface area (Å²) in [5, 5.41) is -0.222. The van der Waals surface area contributed by atoms with Gasteiger partial charge in [-0.1, -0.05) is 11.6 Å². The molecule has 0 aliphatic rings. The zero-order chi connectivity index (χ0) is 18.1. The second kappa shape index (κ2) is 6.48. The largest absolute Gasteiger partial charge is 0.494 e. The van der Waals surface area contributed by atoms with Crippen LogP contribution in [0.4, 0.5) is 23.2 Å². The normalized spacial score (nSPS) is 12.1. The van der Waals surface area contributed by atoms with Crippen molar-refractivity contribution in [2.24, 2.45) is 0 Å².